The van der Waals surface area contributed by atoms with Gasteiger partial charge in [0.25, 0.3) is 11.6 Å². The number of hydrogen-bond acceptors (Lipinski definition) is 3. The largest absolute Gasteiger partial charge is 0.322 e. The normalized spacial score (nSPS) is 10.1. The molecule has 0 aliphatic carbocycles. The topological polar surface area (TPSA) is 72.2 Å². The molecule has 20 heavy (non-hydrogen) atoms. The molecule has 102 valence electrons. The number of anilines is 1. The van der Waals surface area contributed by atoms with E-state index < -0.39 is 16.6 Å². The van der Waals surface area contributed by atoms with Crippen molar-refractivity contribution in [3.63, 3.8) is 0 Å². The molecule has 2 aromatic carbocycles. The van der Waals surface area contributed by atoms with Gasteiger partial charge in [-0.1, -0.05) is 12.1 Å². The maximum Gasteiger partial charge on any atom is 0.271 e. The summed E-state index contributed by atoms with van der Waals surface area (Å²) < 4.78 is 13.9. The highest BCUT2D eigenvalue weighted by Gasteiger charge is 2.16. The van der Waals surface area contributed by atoms with Crippen LogP contribution >= 0.6 is 15.9 Å². The van der Waals surface area contributed by atoms with Crippen LogP contribution in [0.25, 0.3) is 0 Å². The van der Waals surface area contributed by atoms with E-state index in [0.717, 1.165) is 6.07 Å². The molecule has 5 nitrogen and oxygen atoms in total. The highest BCUT2D eigenvalue weighted by Crippen LogP contribution is 2.22. The molecule has 2 rings (SSSR count). The molecule has 0 unspecified atom stereocenters. The van der Waals surface area contributed by atoms with E-state index in [1.54, 1.807) is 0 Å². The van der Waals surface area contributed by atoms with Crippen molar-refractivity contribution in [3.8, 4) is 0 Å². The Kier molecular flexibility index (Phi) is 4.09. The maximum absolute atomic E-state index is 13.6. The summed E-state index contributed by atoms with van der Waals surface area (Å²) in [5.41, 5.74) is -0.0891. The van der Waals surface area contributed by atoms with Crippen molar-refractivity contribution in [2.24, 2.45) is 0 Å². The highest BCUT2D eigenvalue weighted by molar-refractivity contribution is 9.10. The number of nitro groups is 1. The van der Waals surface area contributed by atoms with E-state index in [9.17, 15) is 19.3 Å². The maximum atomic E-state index is 13.6. The average Bonchev–Trinajstić information content (AvgIpc) is 2.38. The van der Waals surface area contributed by atoms with Gasteiger partial charge in [0.2, 0.25) is 0 Å². The SMILES string of the molecule is O=C(Nc1cccc([N+](=O)[O-])c1)c1c(F)cccc1Br. The van der Waals surface area contributed by atoms with Gasteiger partial charge in [-0.2, -0.15) is 0 Å². The first-order chi connectivity index (χ1) is 9.49. The molecule has 2 aromatic rings. The van der Waals surface area contributed by atoms with Gasteiger partial charge in [0.1, 0.15) is 5.82 Å². The number of carbonyl (C=O) groups excluding carboxylic acids is 1. The monoisotopic (exact) mass is 338 g/mol. The molecule has 0 radical (unpaired) electrons. The third kappa shape index (κ3) is 3.00. The minimum atomic E-state index is -0.685. The summed E-state index contributed by atoms with van der Waals surface area (Å²) in [6, 6.07) is 9.58. The van der Waals surface area contributed by atoms with Crippen LogP contribution in [-0.4, -0.2) is 10.8 Å². The number of rotatable bonds is 3. The molecular formula is C13H8BrFN2O3. The number of benzene rings is 2. The molecule has 0 aliphatic rings. The third-order valence-corrected chi connectivity index (χ3v) is 3.17. The van der Waals surface area contributed by atoms with Crippen molar-refractivity contribution in [2.75, 3.05) is 5.32 Å². The summed E-state index contributed by atoms with van der Waals surface area (Å²) in [6.07, 6.45) is 0. The Morgan fingerprint density at radius 3 is 2.60 bits per heavy atom. The first-order valence-electron chi connectivity index (χ1n) is 5.49. The Hall–Kier alpha value is -2.28. The summed E-state index contributed by atoms with van der Waals surface area (Å²) >= 11 is 3.09. The zero-order valence-corrected chi connectivity index (χ0v) is 11.6. The standard InChI is InChI=1S/C13H8BrFN2O3/c14-10-5-2-6-11(15)12(10)13(18)16-8-3-1-4-9(7-8)17(19)20/h1-7H,(H,16,18). The second-order valence-electron chi connectivity index (χ2n) is 3.86. The van der Waals surface area contributed by atoms with Crippen LogP contribution in [0.1, 0.15) is 10.4 Å². The summed E-state index contributed by atoms with van der Waals surface area (Å²) in [5, 5.41) is 13.1. The molecule has 0 heterocycles. The number of non-ortho nitro benzene ring substituents is 1. The molecule has 0 atom stereocenters. The third-order valence-electron chi connectivity index (χ3n) is 2.50. The number of halogens is 2. The zero-order valence-electron chi connectivity index (χ0n) is 9.97. The molecule has 1 N–H and O–H groups in total. The molecule has 0 bridgehead atoms. The minimum Gasteiger partial charge on any atom is -0.322 e. The number of nitro benzene ring substituents is 1. The number of nitrogens with one attached hydrogen (secondary N) is 1. The number of carbonyl (C=O) groups is 1. The van der Waals surface area contributed by atoms with E-state index in [-0.39, 0.29) is 16.9 Å². The predicted molar refractivity (Wildman–Crippen MR) is 75.1 cm³/mol. The van der Waals surface area contributed by atoms with Gasteiger partial charge < -0.3 is 5.32 Å². The fraction of sp³-hybridized carbons (Fsp3) is 0. The molecule has 1 amide bonds. The van der Waals surface area contributed by atoms with E-state index in [1.165, 1.54) is 36.4 Å². The van der Waals surface area contributed by atoms with E-state index >= 15 is 0 Å². The second kappa shape index (κ2) is 5.79. The van der Waals surface area contributed by atoms with Crippen LogP contribution in [0.5, 0.6) is 0 Å². The van der Waals surface area contributed by atoms with Crippen molar-refractivity contribution in [1.29, 1.82) is 0 Å². The van der Waals surface area contributed by atoms with Gasteiger partial charge in [0, 0.05) is 22.3 Å². The van der Waals surface area contributed by atoms with Crippen LogP contribution in [0.2, 0.25) is 0 Å². The molecule has 0 spiro atoms. The molecule has 0 saturated carbocycles. The Morgan fingerprint density at radius 1 is 1.25 bits per heavy atom. The highest BCUT2D eigenvalue weighted by atomic mass is 79.9. The Morgan fingerprint density at radius 2 is 1.95 bits per heavy atom. The van der Waals surface area contributed by atoms with Crippen molar-refractivity contribution in [2.45, 2.75) is 0 Å². The number of amides is 1. The van der Waals surface area contributed by atoms with Crippen LogP contribution in [0, 0.1) is 15.9 Å². The van der Waals surface area contributed by atoms with Gasteiger partial charge >= 0.3 is 0 Å². The fourth-order valence-electron chi connectivity index (χ4n) is 1.61. The summed E-state index contributed by atoms with van der Waals surface area (Å²) in [7, 11) is 0. The average molecular weight is 339 g/mol. The lowest BCUT2D eigenvalue weighted by Crippen LogP contribution is -2.14. The lowest BCUT2D eigenvalue weighted by molar-refractivity contribution is -0.384. The van der Waals surface area contributed by atoms with Crippen molar-refractivity contribution >= 4 is 33.2 Å². The van der Waals surface area contributed by atoms with Crippen LogP contribution in [0.3, 0.4) is 0 Å². The van der Waals surface area contributed by atoms with Crippen LogP contribution in [0.15, 0.2) is 46.9 Å². The molecule has 0 aromatic heterocycles. The number of hydrogen-bond donors (Lipinski definition) is 1. The Bertz CT molecular complexity index is 671. The summed E-state index contributed by atoms with van der Waals surface area (Å²) in [5.74, 6) is -1.36. The van der Waals surface area contributed by atoms with Gasteiger partial charge in [-0.3, -0.25) is 14.9 Å². The van der Waals surface area contributed by atoms with Crippen molar-refractivity contribution in [3.05, 3.63) is 68.4 Å². The van der Waals surface area contributed by atoms with Gasteiger partial charge in [-0.15, -0.1) is 0 Å². The van der Waals surface area contributed by atoms with Crippen LogP contribution in [0.4, 0.5) is 15.8 Å². The molecule has 7 heteroatoms. The Balaban J connectivity index is 2.28. The van der Waals surface area contributed by atoms with Gasteiger partial charge in [-0.25, -0.2) is 4.39 Å². The molecular weight excluding hydrogens is 331 g/mol. The quantitative estimate of drug-likeness (QED) is 0.684. The van der Waals surface area contributed by atoms with Crippen molar-refractivity contribution < 1.29 is 14.1 Å². The van der Waals surface area contributed by atoms with Crippen LogP contribution in [-0.2, 0) is 0 Å². The second-order valence-corrected chi connectivity index (χ2v) is 4.71. The minimum absolute atomic E-state index is 0.154. The lowest BCUT2D eigenvalue weighted by atomic mass is 10.2. The van der Waals surface area contributed by atoms with E-state index in [4.69, 9.17) is 0 Å². The van der Waals surface area contributed by atoms with Crippen molar-refractivity contribution in [1.82, 2.24) is 0 Å². The van der Waals surface area contributed by atoms with Gasteiger partial charge in [0.15, 0.2) is 0 Å². The first kappa shape index (κ1) is 14.1. The van der Waals surface area contributed by atoms with E-state index in [1.807, 2.05) is 0 Å². The summed E-state index contributed by atoms with van der Waals surface area (Å²) in [4.78, 5) is 22.1. The predicted octanol–water partition coefficient (Wildman–Crippen LogP) is 3.75. The van der Waals surface area contributed by atoms with E-state index in [0.29, 0.717) is 4.47 Å². The molecule has 0 saturated heterocycles. The lowest BCUT2D eigenvalue weighted by Gasteiger charge is -2.07. The smallest absolute Gasteiger partial charge is 0.271 e. The Labute approximate surface area is 121 Å². The number of nitrogens with zero attached hydrogens (tertiary/aromatic N) is 1. The molecule has 0 fully saturated rings. The zero-order chi connectivity index (χ0) is 14.7. The molecule has 0 aliphatic heterocycles. The van der Waals surface area contributed by atoms with Crippen LogP contribution < -0.4 is 5.32 Å². The van der Waals surface area contributed by atoms with Gasteiger partial charge in [-0.05, 0) is 34.1 Å². The first-order valence-corrected chi connectivity index (χ1v) is 6.28. The van der Waals surface area contributed by atoms with Gasteiger partial charge in [0.05, 0.1) is 10.5 Å². The fourth-order valence-corrected chi connectivity index (χ4v) is 2.13. The van der Waals surface area contributed by atoms with E-state index in [2.05, 4.69) is 21.2 Å². The summed E-state index contributed by atoms with van der Waals surface area (Å²) in [6.45, 7) is 0.